The van der Waals surface area contributed by atoms with Gasteiger partial charge in [0.1, 0.15) is 45.4 Å². The van der Waals surface area contributed by atoms with Crippen molar-refractivity contribution in [2.24, 2.45) is 0 Å². The molecule has 704 valence electrons. The molecule has 0 spiro atoms. The van der Waals surface area contributed by atoms with Gasteiger partial charge < -0.3 is 39.0 Å². The normalized spacial score (nSPS) is 18.3. The van der Waals surface area contributed by atoms with Gasteiger partial charge in [-0.25, -0.2) is 38.0 Å². The highest BCUT2D eigenvalue weighted by Gasteiger charge is 2.33. The van der Waals surface area contributed by atoms with Gasteiger partial charge >= 0.3 is 0 Å². The van der Waals surface area contributed by atoms with Crippen molar-refractivity contribution in [3.8, 4) is 45.6 Å². The molecule has 0 atom stereocenters. The van der Waals surface area contributed by atoms with Crippen LogP contribution in [0, 0.1) is 55.4 Å². The Morgan fingerprint density at radius 3 is 0.765 bits per heavy atom. The van der Waals surface area contributed by atoms with Gasteiger partial charge in [-0.05, 0) is 238 Å². The van der Waals surface area contributed by atoms with Crippen LogP contribution in [0.4, 0.5) is 22.7 Å². The first kappa shape index (κ1) is 89.4. The highest BCUT2D eigenvalue weighted by Crippen LogP contribution is 2.33. The number of aryl methyl sites for hydroxylation is 8. The minimum atomic E-state index is -0.104. The van der Waals surface area contributed by atoms with Crippen LogP contribution in [0.25, 0.3) is 90.2 Å². The average molecular weight is 1830 g/mol. The second-order valence-electron chi connectivity index (χ2n) is 38.4. The SMILES string of the molecule is Cc1cn2nc(-c3cc(=O)n4cc(N5CCC(N6CCCC6)CC5)ccc4n3)cc2c(C)n1.Cc1cn2nc(-c3cc(=O)n4cc(N5CCC(N6CCCCC6)CC5)ccc4n3)cc2c(C)n1.Cc1cn2nc(-c3cc(=O)n4cc(N5CCC(N6CCN(C)CC6)CC5)ccc4n3)cc2c(C)n1.Cc1cn2nc(-c3cc(=O)n4cc(N5CCC(N6CCOCC6)CC5)ccc4n3)cc2c(C)n1. The van der Waals surface area contributed by atoms with Crippen LogP contribution < -0.4 is 41.8 Å². The molecule has 16 aromatic heterocycles. The van der Waals surface area contributed by atoms with E-state index < -0.39 is 0 Å². The van der Waals surface area contributed by atoms with E-state index >= 15 is 0 Å². The molecule has 0 bridgehead atoms. The van der Waals surface area contributed by atoms with Crippen molar-refractivity contribution >= 4 is 67.4 Å². The monoisotopic (exact) mass is 1830 g/mol. The number of ether oxygens (including phenoxy) is 1. The number of fused-ring (bicyclic) bond motifs is 8. The molecule has 8 aliphatic rings. The third-order valence-corrected chi connectivity index (χ3v) is 29.2. The number of anilines is 4. The molecule has 0 saturated carbocycles. The van der Waals surface area contributed by atoms with Crippen LogP contribution in [0.15, 0.2) is 166 Å². The van der Waals surface area contributed by atoms with Gasteiger partial charge in [0, 0.05) is 165 Å². The zero-order valence-corrected chi connectivity index (χ0v) is 79.5. The Morgan fingerprint density at radius 1 is 0.257 bits per heavy atom. The maximum Gasteiger partial charge on any atom is 0.258 e. The smallest absolute Gasteiger partial charge is 0.258 e. The molecule has 0 unspecified atom stereocenters. The van der Waals surface area contributed by atoms with Crippen LogP contribution in [-0.4, -0.2) is 283 Å². The Kier molecular flexibility index (Phi) is 25.1. The first-order chi connectivity index (χ1) is 66.1. The van der Waals surface area contributed by atoms with Crippen LogP contribution in [0.5, 0.6) is 0 Å². The lowest BCUT2D eigenvalue weighted by atomic mass is 9.99. The van der Waals surface area contributed by atoms with Crippen molar-refractivity contribution < 1.29 is 4.74 Å². The fourth-order valence-electron chi connectivity index (χ4n) is 21.8. The van der Waals surface area contributed by atoms with Crippen molar-refractivity contribution in [3.05, 3.63) is 234 Å². The molecular weight excluding hydrogens is 1710 g/mol. The number of aromatic nitrogens is 20. The number of morpholine rings is 1. The molecule has 0 aromatic carbocycles. The molecule has 0 N–H and O–H groups in total. The van der Waals surface area contributed by atoms with Crippen molar-refractivity contribution in [3.63, 3.8) is 0 Å². The summed E-state index contributed by atoms with van der Waals surface area (Å²) in [6.07, 6.45) is 31.4. The standard InChI is InChI=1S/C26H32N8O.C26H31N7O.C25H29N7O2.C25H29N7O/c1-18-16-34-24(19(2)27-18)14-23(29-34)22-15-26(35)33-17-21(4-5-25(33)28-22)31-8-6-20(7-9-31)32-12-10-30(3)11-13-32;1-18-16-33-24(19(2)27-18)14-23(29-33)22-15-26(34)32-17-21(6-7-25(32)28-22)31-12-8-20(9-13-31)30-10-4-3-5-11-30;1-17-15-32-23(18(2)26-17)13-22(28-32)21-14-25(33)31-16-20(3-4-24(31)27-21)29-7-5-19(6-8-29)30-9-11-34-12-10-30;1-17-15-32-23(18(2)26-17)13-22(28-32)21-14-25(33)31-16-20(5-6-24(31)27-21)30-11-7-19(8-12-30)29-9-3-4-10-29/h4-5,14-17,20H,6-13H2,1-3H3;6-7,14-17,20H,3-5,8-13H2,1-2H3;3-4,13-16,19H,5-12H2,1-2H3;5-6,13-16,19H,3-4,7-12H2,1-2H3. The lowest BCUT2D eigenvalue weighted by Gasteiger charge is -2.42. The number of rotatable bonds is 12. The predicted octanol–water partition coefficient (Wildman–Crippen LogP) is 11.1. The van der Waals surface area contributed by atoms with Crippen LogP contribution >= 0.6 is 0 Å². The summed E-state index contributed by atoms with van der Waals surface area (Å²) in [5, 5.41) is 18.6. The molecule has 16 aromatic rings. The van der Waals surface area contributed by atoms with E-state index in [0.29, 0.717) is 92.3 Å². The molecule has 136 heavy (non-hydrogen) atoms. The number of piperidine rings is 5. The Bertz CT molecular complexity index is 7180. The molecule has 8 fully saturated rings. The molecule has 0 aliphatic carbocycles. The number of pyridine rings is 4. The summed E-state index contributed by atoms with van der Waals surface area (Å²) in [6.45, 7) is 37.2. The number of piperazine rings is 1. The Labute approximate surface area is 788 Å². The summed E-state index contributed by atoms with van der Waals surface area (Å²) >= 11 is 0. The first-order valence-corrected chi connectivity index (χ1v) is 48.8. The molecule has 0 amide bonds. The number of nitrogens with zero attached hydrogens (tertiary/aromatic N) is 29. The molecule has 8 saturated heterocycles. The largest absolute Gasteiger partial charge is 0.379 e. The third-order valence-electron chi connectivity index (χ3n) is 29.2. The lowest BCUT2D eigenvalue weighted by molar-refractivity contribution is 0.0115. The summed E-state index contributed by atoms with van der Waals surface area (Å²) in [5.74, 6) is 0. The number of likely N-dealkylation sites (tertiary alicyclic amines) is 2. The first-order valence-electron chi connectivity index (χ1n) is 48.8. The Hall–Kier alpha value is -13.1. The van der Waals surface area contributed by atoms with Crippen molar-refractivity contribution in [2.75, 3.05) is 158 Å². The molecule has 24 heterocycles. The van der Waals surface area contributed by atoms with Gasteiger partial charge in [-0.15, -0.1) is 0 Å². The number of hydrogen-bond donors (Lipinski definition) is 0. The van der Waals surface area contributed by atoms with Crippen LogP contribution in [-0.2, 0) is 4.74 Å². The summed E-state index contributed by atoms with van der Waals surface area (Å²) in [6, 6.07) is 32.9. The highest BCUT2D eigenvalue weighted by molar-refractivity contribution is 5.71. The van der Waals surface area contributed by atoms with Gasteiger partial charge in [0.25, 0.3) is 22.2 Å². The van der Waals surface area contributed by atoms with Gasteiger partial charge in [-0.2, -0.15) is 20.4 Å². The summed E-state index contributed by atoms with van der Waals surface area (Å²) in [4.78, 5) is 112. The molecule has 8 aliphatic heterocycles. The molecule has 0 radical (unpaired) electrons. The van der Waals surface area contributed by atoms with Crippen molar-refractivity contribution in [1.29, 1.82) is 0 Å². The Morgan fingerprint density at radius 2 is 0.500 bits per heavy atom. The second-order valence-corrected chi connectivity index (χ2v) is 38.4. The zero-order chi connectivity index (χ0) is 93.1. The average Bonchev–Trinajstić information content (AvgIpc) is 1.58. The molecule has 34 heteroatoms. The van der Waals surface area contributed by atoms with Crippen LogP contribution in [0.2, 0.25) is 0 Å². The van der Waals surface area contributed by atoms with Gasteiger partial charge in [-0.3, -0.25) is 66.5 Å². The highest BCUT2D eigenvalue weighted by atomic mass is 16.5. The van der Waals surface area contributed by atoms with Gasteiger partial charge in [0.15, 0.2) is 0 Å². The van der Waals surface area contributed by atoms with Crippen LogP contribution in [0.1, 0.15) is 129 Å². The predicted molar refractivity (Wildman–Crippen MR) is 530 cm³/mol. The van der Waals surface area contributed by atoms with Crippen LogP contribution in [0.3, 0.4) is 0 Å². The minimum absolute atomic E-state index is 0.0897. The fraction of sp³-hybridized carbons (Fsp3) is 0.451. The van der Waals surface area contributed by atoms with Gasteiger partial charge in [0.05, 0.1) is 151 Å². The van der Waals surface area contributed by atoms with Crippen molar-refractivity contribution in [2.45, 2.75) is 163 Å². The van der Waals surface area contributed by atoms with E-state index in [1.807, 2.05) is 167 Å². The second kappa shape index (κ2) is 38.2. The minimum Gasteiger partial charge on any atom is -0.379 e. The third kappa shape index (κ3) is 18.8. The van der Waals surface area contributed by atoms with E-state index in [2.05, 4.69) is 116 Å². The van der Waals surface area contributed by atoms with E-state index in [9.17, 15) is 19.2 Å². The van der Waals surface area contributed by atoms with Gasteiger partial charge in [0.2, 0.25) is 0 Å². The summed E-state index contributed by atoms with van der Waals surface area (Å²) in [7, 11) is 2.20. The van der Waals surface area contributed by atoms with Crippen molar-refractivity contribution in [1.82, 2.24) is 120 Å². The zero-order valence-electron chi connectivity index (χ0n) is 79.5. The topological polar surface area (TPSA) is 297 Å². The van der Waals surface area contributed by atoms with Gasteiger partial charge in [-0.1, -0.05) is 6.42 Å². The maximum absolute atomic E-state index is 13.1. The maximum atomic E-state index is 13.1. The number of hydrogen-bond acceptors (Lipinski definition) is 26. The van der Waals surface area contributed by atoms with E-state index in [4.69, 9.17) is 24.7 Å². The van der Waals surface area contributed by atoms with E-state index in [-0.39, 0.29) is 22.2 Å². The molecule has 34 nitrogen and oxygen atoms in total. The quantitative estimate of drug-likeness (QED) is 0.110. The van der Waals surface area contributed by atoms with E-state index in [1.54, 1.807) is 46.4 Å². The summed E-state index contributed by atoms with van der Waals surface area (Å²) < 4.78 is 19.3. The lowest BCUT2D eigenvalue weighted by Crippen LogP contribution is -2.52. The molecule has 24 rings (SSSR count). The fourth-order valence-corrected chi connectivity index (χ4v) is 21.8. The Balaban J connectivity index is 0.000000108. The van der Waals surface area contributed by atoms with E-state index in [0.717, 1.165) is 208 Å². The van der Waals surface area contributed by atoms with E-state index in [1.165, 1.54) is 97.1 Å². The summed E-state index contributed by atoms with van der Waals surface area (Å²) in [5.41, 5.74) is 22.4. The number of likely N-dealkylation sites (N-methyl/N-ethyl adjacent to an activating group) is 1. The molecular formula is C102H121N29O5.